The number of halogens is 1. The average Bonchev–Trinajstić information content (AvgIpc) is 2.95. The summed E-state index contributed by atoms with van der Waals surface area (Å²) in [5, 5.41) is 3.30. The van der Waals surface area contributed by atoms with Crippen LogP contribution in [0.5, 0.6) is 5.75 Å². The van der Waals surface area contributed by atoms with E-state index in [0.717, 1.165) is 16.3 Å². The molecule has 0 fully saturated rings. The SMILES string of the molecule is CCCNC(=O)[C@@H](CC)N(Cc1ccccc1)C(=O)CN(c1ccc(Cl)cc1)S(=O)(=O)c1ccc(OC)cc1. The minimum Gasteiger partial charge on any atom is -0.497 e. The van der Waals surface area contributed by atoms with Crippen LogP contribution >= 0.6 is 11.6 Å². The minimum absolute atomic E-state index is 0.00612. The third kappa shape index (κ3) is 7.74. The van der Waals surface area contributed by atoms with Crippen molar-refractivity contribution in [2.75, 3.05) is 24.5 Å². The number of methoxy groups -OCH3 is 1. The van der Waals surface area contributed by atoms with E-state index in [1.54, 1.807) is 36.4 Å². The van der Waals surface area contributed by atoms with E-state index in [1.165, 1.54) is 24.1 Å². The second kappa shape index (κ2) is 14.0. The number of rotatable bonds is 13. The second-order valence-corrected chi connectivity index (χ2v) is 11.2. The third-order valence-corrected chi connectivity index (χ3v) is 8.21. The Balaban J connectivity index is 2.03. The van der Waals surface area contributed by atoms with E-state index >= 15 is 0 Å². The van der Waals surface area contributed by atoms with E-state index < -0.39 is 28.5 Å². The first-order valence-corrected chi connectivity index (χ1v) is 14.6. The first-order valence-electron chi connectivity index (χ1n) is 12.7. The zero-order valence-electron chi connectivity index (χ0n) is 22.3. The Hall–Kier alpha value is -3.56. The van der Waals surface area contributed by atoms with Gasteiger partial charge in [-0.25, -0.2) is 8.42 Å². The zero-order valence-corrected chi connectivity index (χ0v) is 23.9. The van der Waals surface area contributed by atoms with Gasteiger partial charge in [-0.1, -0.05) is 55.8 Å². The normalized spacial score (nSPS) is 11.9. The first-order chi connectivity index (χ1) is 18.7. The predicted octanol–water partition coefficient (Wildman–Crippen LogP) is 4.88. The van der Waals surface area contributed by atoms with Crippen LogP contribution in [-0.4, -0.2) is 51.4 Å². The Kier molecular flexibility index (Phi) is 10.8. The molecule has 2 amide bonds. The van der Waals surface area contributed by atoms with Gasteiger partial charge in [-0.05, 0) is 66.9 Å². The van der Waals surface area contributed by atoms with Gasteiger partial charge in [-0.15, -0.1) is 0 Å². The smallest absolute Gasteiger partial charge is 0.264 e. The van der Waals surface area contributed by atoms with Gasteiger partial charge in [0, 0.05) is 18.1 Å². The molecule has 0 bridgehead atoms. The fourth-order valence-electron chi connectivity index (χ4n) is 4.08. The lowest BCUT2D eigenvalue weighted by Gasteiger charge is -2.33. The Morgan fingerprint density at radius 1 is 0.949 bits per heavy atom. The number of nitrogens with one attached hydrogen (secondary N) is 1. The molecule has 0 spiro atoms. The van der Waals surface area contributed by atoms with Crippen LogP contribution in [0.25, 0.3) is 0 Å². The zero-order chi connectivity index (χ0) is 28.4. The van der Waals surface area contributed by atoms with Crippen molar-refractivity contribution in [1.29, 1.82) is 0 Å². The van der Waals surface area contributed by atoms with Gasteiger partial charge in [0.25, 0.3) is 10.0 Å². The highest BCUT2D eigenvalue weighted by molar-refractivity contribution is 7.92. The van der Waals surface area contributed by atoms with Crippen LogP contribution in [0.15, 0.2) is 83.8 Å². The van der Waals surface area contributed by atoms with Gasteiger partial charge in [0.1, 0.15) is 18.3 Å². The molecule has 10 heteroatoms. The van der Waals surface area contributed by atoms with Crippen LogP contribution < -0.4 is 14.4 Å². The fraction of sp³-hybridized carbons (Fsp3) is 0.310. The Morgan fingerprint density at radius 2 is 1.59 bits per heavy atom. The molecule has 3 aromatic rings. The molecule has 3 aromatic carbocycles. The molecular formula is C29H34ClN3O5S. The number of ether oxygens (including phenoxy) is 1. The van der Waals surface area contributed by atoms with E-state index in [1.807, 2.05) is 44.2 Å². The Bertz CT molecular complexity index is 1330. The summed E-state index contributed by atoms with van der Waals surface area (Å²) in [7, 11) is -2.68. The lowest BCUT2D eigenvalue weighted by atomic mass is 10.1. The van der Waals surface area contributed by atoms with E-state index in [9.17, 15) is 18.0 Å². The van der Waals surface area contributed by atoms with Crippen LogP contribution in [0.2, 0.25) is 5.02 Å². The lowest BCUT2D eigenvalue weighted by Crippen LogP contribution is -2.52. The number of benzene rings is 3. The van der Waals surface area contributed by atoms with Gasteiger partial charge < -0.3 is 15.0 Å². The molecule has 8 nitrogen and oxygen atoms in total. The summed E-state index contributed by atoms with van der Waals surface area (Å²) in [5.74, 6) is -0.287. The van der Waals surface area contributed by atoms with Crippen molar-refractivity contribution in [1.82, 2.24) is 10.2 Å². The van der Waals surface area contributed by atoms with Crippen molar-refractivity contribution in [3.63, 3.8) is 0 Å². The number of carbonyl (C=O) groups excluding carboxylic acids is 2. The molecule has 0 saturated heterocycles. The van der Waals surface area contributed by atoms with Crippen LogP contribution in [0.4, 0.5) is 5.69 Å². The van der Waals surface area contributed by atoms with Gasteiger partial charge in [0.15, 0.2) is 0 Å². The molecule has 0 aliphatic carbocycles. The molecule has 3 rings (SSSR count). The number of hydrogen-bond acceptors (Lipinski definition) is 5. The third-order valence-electron chi connectivity index (χ3n) is 6.17. The van der Waals surface area contributed by atoms with Crippen molar-refractivity contribution < 1.29 is 22.7 Å². The van der Waals surface area contributed by atoms with Crippen LogP contribution in [0.1, 0.15) is 32.3 Å². The molecule has 0 heterocycles. The molecule has 0 unspecified atom stereocenters. The molecule has 0 aliphatic heterocycles. The molecule has 208 valence electrons. The highest BCUT2D eigenvalue weighted by Crippen LogP contribution is 2.27. The molecule has 0 aromatic heterocycles. The van der Waals surface area contributed by atoms with E-state index in [2.05, 4.69) is 5.32 Å². The summed E-state index contributed by atoms with van der Waals surface area (Å²) in [6.45, 7) is 3.88. The Morgan fingerprint density at radius 3 is 2.15 bits per heavy atom. The van der Waals surface area contributed by atoms with Crippen molar-refractivity contribution >= 4 is 39.1 Å². The highest BCUT2D eigenvalue weighted by Gasteiger charge is 2.33. The maximum absolute atomic E-state index is 13.9. The lowest BCUT2D eigenvalue weighted by molar-refractivity contribution is -0.140. The largest absolute Gasteiger partial charge is 0.497 e. The minimum atomic E-state index is -4.17. The predicted molar refractivity (Wildman–Crippen MR) is 153 cm³/mol. The summed E-state index contributed by atoms with van der Waals surface area (Å²) < 4.78 is 33.9. The van der Waals surface area contributed by atoms with Crippen molar-refractivity contribution in [2.24, 2.45) is 0 Å². The second-order valence-electron chi connectivity index (χ2n) is 8.89. The molecule has 0 aliphatic rings. The van der Waals surface area contributed by atoms with Gasteiger partial charge in [-0.2, -0.15) is 0 Å². The van der Waals surface area contributed by atoms with Crippen molar-refractivity contribution in [3.05, 3.63) is 89.4 Å². The van der Waals surface area contributed by atoms with Gasteiger partial charge in [0.2, 0.25) is 11.8 Å². The van der Waals surface area contributed by atoms with Crippen LogP contribution in [0.3, 0.4) is 0 Å². The molecule has 1 N–H and O–H groups in total. The number of hydrogen-bond donors (Lipinski definition) is 1. The number of anilines is 1. The van der Waals surface area contributed by atoms with Gasteiger partial charge in [-0.3, -0.25) is 13.9 Å². The van der Waals surface area contributed by atoms with E-state index in [-0.39, 0.29) is 23.0 Å². The number of sulfonamides is 1. The monoisotopic (exact) mass is 571 g/mol. The number of carbonyl (C=O) groups is 2. The molecule has 1 atom stereocenters. The van der Waals surface area contributed by atoms with Crippen LogP contribution in [-0.2, 0) is 26.2 Å². The molecule has 0 radical (unpaired) electrons. The van der Waals surface area contributed by atoms with Gasteiger partial charge >= 0.3 is 0 Å². The Labute approximate surface area is 235 Å². The van der Waals surface area contributed by atoms with Crippen LogP contribution in [0, 0.1) is 0 Å². The maximum Gasteiger partial charge on any atom is 0.264 e. The summed E-state index contributed by atoms with van der Waals surface area (Å²) in [5.41, 5.74) is 1.09. The molecular weight excluding hydrogens is 538 g/mol. The van der Waals surface area contributed by atoms with E-state index in [0.29, 0.717) is 23.7 Å². The first kappa shape index (κ1) is 30.0. The molecule has 39 heavy (non-hydrogen) atoms. The number of nitrogens with zero attached hydrogens (tertiary/aromatic N) is 2. The fourth-order valence-corrected chi connectivity index (χ4v) is 5.62. The summed E-state index contributed by atoms with van der Waals surface area (Å²) in [6.07, 6.45) is 1.11. The van der Waals surface area contributed by atoms with Crippen molar-refractivity contribution in [2.45, 2.75) is 44.2 Å². The number of amides is 2. The quantitative estimate of drug-likeness (QED) is 0.315. The average molecular weight is 572 g/mol. The summed E-state index contributed by atoms with van der Waals surface area (Å²) >= 11 is 6.06. The molecule has 0 saturated carbocycles. The van der Waals surface area contributed by atoms with Crippen molar-refractivity contribution in [3.8, 4) is 5.75 Å². The van der Waals surface area contributed by atoms with E-state index in [4.69, 9.17) is 16.3 Å². The summed E-state index contributed by atoms with van der Waals surface area (Å²) in [6, 6.07) is 20.7. The highest BCUT2D eigenvalue weighted by atomic mass is 35.5. The maximum atomic E-state index is 13.9. The topological polar surface area (TPSA) is 96.0 Å². The summed E-state index contributed by atoms with van der Waals surface area (Å²) in [4.78, 5) is 28.5. The van der Waals surface area contributed by atoms with Gasteiger partial charge in [0.05, 0.1) is 17.7 Å². The standard InChI is InChI=1S/C29H34ClN3O5S/c1-4-19-31-29(35)27(5-2)32(20-22-9-7-6-8-10-22)28(34)21-33(24-13-11-23(30)12-14-24)39(36,37)26-17-15-25(38-3)16-18-26/h6-18,27H,4-5,19-21H2,1-3H3,(H,31,35)/t27-/m1/s1.